The third kappa shape index (κ3) is 4.09. The number of nitrogens with one attached hydrogen (secondary N) is 3. The molecule has 2 fully saturated rings. The van der Waals surface area contributed by atoms with Gasteiger partial charge in [0.25, 0.3) is 11.5 Å². The van der Waals surface area contributed by atoms with Gasteiger partial charge in [-0.05, 0) is 56.1 Å². The minimum Gasteiger partial charge on any atom is -0.347 e. The van der Waals surface area contributed by atoms with Gasteiger partial charge in [-0.3, -0.25) is 19.6 Å². The molecule has 2 saturated carbocycles. The number of carbonyl (C=O) groups excluding carboxylic acids is 1. The van der Waals surface area contributed by atoms with Crippen LogP contribution in [0.1, 0.15) is 48.2 Å². The molecule has 5 N–H and O–H groups in total. The van der Waals surface area contributed by atoms with Crippen molar-refractivity contribution in [1.82, 2.24) is 20.3 Å². The van der Waals surface area contributed by atoms with E-state index in [1.54, 1.807) is 13.0 Å². The van der Waals surface area contributed by atoms with Gasteiger partial charge in [-0.1, -0.05) is 6.42 Å². The number of aryl methyl sites for hydroxylation is 1. The van der Waals surface area contributed by atoms with Crippen molar-refractivity contribution in [2.75, 3.05) is 0 Å². The lowest BCUT2D eigenvalue weighted by atomic mass is 9.67. The maximum absolute atomic E-state index is 12.8. The van der Waals surface area contributed by atoms with Crippen molar-refractivity contribution in [1.29, 1.82) is 0 Å². The van der Waals surface area contributed by atoms with Crippen molar-refractivity contribution in [3.63, 3.8) is 0 Å². The molecule has 1 amide bonds. The third-order valence-corrected chi connectivity index (χ3v) is 5.81. The fourth-order valence-corrected chi connectivity index (χ4v) is 4.72. The SMILES string of the molecule is Cc1cc(C(=O)NC2C3CCCC2CC(N)C3)nc2[nH]c(=O)[nH]c(=O)c12.Cl.Cl. The summed E-state index contributed by atoms with van der Waals surface area (Å²) in [5, 5.41) is 3.44. The van der Waals surface area contributed by atoms with Gasteiger partial charge in [-0.15, -0.1) is 24.8 Å². The summed E-state index contributed by atoms with van der Waals surface area (Å²) in [5.41, 5.74) is 5.96. The molecule has 0 aromatic carbocycles. The van der Waals surface area contributed by atoms with Crippen molar-refractivity contribution in [2.24, 2.45) is 17.6 Å². The van der Waals surface area contributed by atoms with Crippen molar-refractivity contribution >= 4 is 41.8 Å². The summed E-state index contributed by atoms with van der Waals surface area (Å²) in [5.74, 6) is 0.546. The third-order valence-electron chi connectivity index (χ3n) is 5.81. The van der Waals surface area contributed by atoms with E-state index in [0.29, 0.717) is 22.8 Å². The van der Waals surface area contributed by atoms with Gasteiger partial charge in [-0.25, -0.2) is 9.78 Å². The Labute approximate surface area is 173 Å². The molecule has 2 aliphatic carbocycles. The second kappa shape index (κ2) is 8.63. The van der Waals surface area contributed by atoms with Crippen molar-refractivity contribution < 1.29 is 4.79 Å². The minimum absolute atomic E-state index is 0. The van der Waals surface area contributed by atoms with E-state index in [0.717, 1.165) is 25.7 Å². The van der Waals surface area contributed by atoms with E-state index in [1.807, 2.05) is 0 Å². The molecule has 28 heavy (non-hydrogen) atoms. The largest absolute Gasteiger partial charge is 0.347 e. The molecular formula is C18H25Cl2N5O3. The van der Waals surface area contributed by atoms with Crippen LogP contribution in [0.2, 0.25) is 0 Å². The Morgan fingerprint density at radius 3 is 2.46 bits per heavy atom. The monoisotopic (exact) mass is 429 g/mol. The summed E-state index contributed by atoms with van der Waals surface area (Å²) in [6.45, 7) is 1.72. The molecule has 10 heteroatoms. The number of aromatic nitrogens is 3. The first-order valence-corrected chi connectivity index (χ1v) is 9.13. The number of hydrogen-bond acceptors (Lipinski definition) is 5. The van der Waals surface area contributed by atoms with E-state index in [4.69, 9.17) is 5.73 Å². The van der Waals surface area contributed by atoms with Crippen LogP contribution in [0.3, 0.4) is 0 Å². The van der Waals surface area contributed by atoms with Gasteiger partial charge in [0.05, 0.1) is 5.39 Å². The van der Waals surface area contributed by atoms with Gasteiger partial charge in [0.1, 0.15) is 11.3 Å². The molecule has 2 unspecified atom stereocenters. The Bertz CT molecular complexity index is 975. The molecule has 2 atom stereocenters. The van der Waals surface area contributed by atoms with Gasteiger partial charge in [-0.2, -0.15) is 0 Å². The van der Waals surface area contributed by atoms with Gasteiger partial charge in [0.15, 0.2) is 0 Å². The van der Waals surface area contributed by atoms with Crippen LogP contribution in [-0.4, -0.2) is 32.9 Å². The second-order valence-electron chi connectivity index (χ2n) is 7.64. The van der Waals surface area contributed by atoms with E-state index in [1.165, 1.54) is 6.42 Å². The highest BCUT2D eigenvalue weighted by atomic mass is 35.5. The van der Waals surface area contributed by atoms with Gasteiger partial charge in [0, 0.05) is 12.1 Å². The summed E-state index contributed by atoms with van der Waals surface area (Å²) in [6.07, 6.45) is 5.23. The van der Waals surface area contributed by atoms with Crippen LogP contribution >= 0.6 is 24.8 Å². The fourth-order valence-electron chi connectivity index (χ4n) is 4.72. The Kier molecular flexibility index (Phi) is 6.90. The minimum atomic E-state index is -0.636. The van der Waals surface area contributed by atoms with Crippen LogP contribution < -0.4 is 22.3 Å². The number of fused-ring (bicyclic) bond motifs is 3. The molecule has 2 heterocycles. The first kappa shape index (κ1) is 22.4. The van der Waals surface area contributed by atoms with Crippen molar-refractivity contribution in [3.05, 3.63) is 38.2 Å². The Morgan fingerprint density at radius 2 is 1.82 bits per heavy atom. The summed E-state index contributed by atoms with van der Waals surface area (Å²) in [7, 11) is 0. The number of rotatable bonds is 2. The number of halogens is 2. The van der Waals surface area contributed by atoms with Gasteiger partial charge >= 0.3 is 5.69 Å². The molecule has 0 spiro atoms. The molecule has 2 bridgehead atoms. The average molecular weight is 430 g/mol. The van der Waals surface area contributed by atoms with E-state index in [9.17, 15) is 14.4 Å². The lowest BCUT2D eigenvalue weighted by molar-refractivity contribution is 0.0752. The Morgan fingerprint density at radius 1 is 1.18 bits per heavy atom. The molecule has 2 aromatic rings. The molecule has 0 saturated heterocycles. The number of nitrogens with two attached hydrogens (primary N) is 1. The molecule has 0 radical (unpaired) electrons. The smallest absolute Gasteiger partial charge is 0.327 e. The number of nitrogens with zero attached hydrogens (tertiary/aromatic N) is 1. The first-order valence-electron chi connectivity index (χ1n) is 9.13. The summed E-state index contributed by atoms with van der Waals surface area (Å²) in [4.78, 5) is 45.2. The van der Waals surface area contributed by atoms with Crippen molar-refractivity contribution in [2.45, 2.75) is 51.1 Å². The number of H-pyrrole nitrogens is 2. The Hall–Kier alpha value is -1.90. The van der Waals surface area contributed by atoms with E-state index >= 15 is 0 Å². The average Bonchev–Trinajstić information content (AvgIpc) is 2.54. The van der Waals surface area contributed by atoms with E-state index in [2.05, 4.69) is 20.3 Å². The number of hydrogen-bond donors (Lipinski definition) is 4. The first-order chi connectivity index (χ1) is 12.4. The highest BCUT2D eigenvalue weighted by Gasteiger charge is 2.40. The topological polar surface area (TPSA) is 134 Å². The zero-order valence-electron chi connectivity index (χ0n) is 15.5. The molecule has 0 aliphatic heterocycles. The molecule has 2 aliphatic rings. The van der Waals surface area contributed by atoms with Crippen LogP contribution in [0, 0.1) is 18.8 Å². The quantitative estimate of drug-likeness (QED) is 0.572. The molecule has 154 valence electrons. The van der Waals surface area contributed by atoms with Crippen LogP contribution in [0.15, 0.2) is 15.7 Å². The predicted octanol–water partition coefficient (Wildman–Crippen LogP) is 1.40. The van der Waals surface area contributed by atoms with Gasteiger partial charge in [0.2, 0.25) is 0 Å². The summed E-state index contributed by atoms with van der Waals surface area (Å²) >= 11 is 0. The summed E-state index contributed by atoms with van der Waals surface area (Å²) in [6, 6.07) is 1.93. The fraction of sp³-hybridized carbons (Fsp3) is 0.556. The predicted molar refractivity (Wildman–Crippen MR) is 112 cm³/mol. The maximum atomic E-state index is 12.8. The number of amides is 1. The lowest BCUT2D eigenvalue weighted by Gasteiger charge is -2.45. The lowest BCUT2D eigenvalue weighted by Crippen LogP contribution is -2.53. The van der Waals surface area contributed by atoms with Crippen molar-refractivity contribution in [3.8, 4) is 0 Å². The molecule has 8 nitrogen and oxygen atoms in total. The second-order valence-corrected chi connectivity index (χ2v) is 7.64. The van der Waals surface area contributed by atoms with Crippen LogP contribution in [0.5, 0.6) is 0 Å². The maximum Gasteiger partial charge on any atom is 0.327 e. The highest BCUT2D eigenvalue weighted by molar-refractivity contribution is 5.95. The van der Waals surface area contributed by atoms with Crippen LogP contribution in [0.4, 0.5) is 0 Å². The molecular weight excluding hydrogens is 405 g/mol. The highest BCUT2D eigenvalue weighted by Crippen LogP contribution is 2.39. The zero-order valence-corrected chi connectivity index (χ0v) is 17.1. The molecule has 2 aromatic heterocycles. The van der Waals surface area contributed by atoms with Gasteiger partial charge < -0.3 is 11.1 Å². The molecule has 4 rings (SSSR count). The normalized spacial score (nSPS) is 26.1. The van der Waals surface area contributed by atoms with Crippen LogP contribution in [0.25, 0.3) is 11.0 Å². The standard InChI is InChI=1S/C18H23N5O3.2ClH/c1-8-5-12(20-15-13(8)17(25)23-18(26)22-15)16(24)21-14-9-3-2-4-10(14)7-11(19)6-9;;/h5,9-11,14H,2-4,6-7,19H2,1H3,(H,21,24)(H2,20,22,23,25,26);2*1H. The van der Waals surface area contributed by atoms with Crippen LogP contribution in [-0.2, 0) is 0 Å². The zero-order chi connectivity index (χ0) is 18.4. The Balaban J connectivity index is 0.00000140. The summed E-state index contributed by atoms with van der Waals surface area (Å²) < 4.78 is 0. The number of carbonyl (C=O) groups is 1. The number of pyridine rings is 1. The number of aromatic amines is 2. The van der Waals surface area contributed by atoms with E-state index < -0.39 is 11.2 Å². The van der Waals surface area contributed by atoms with E-state index in [-0.39, 0.29) is 54.1 Å².